The number of rotatable bonds is 3. The molecule has 0 aromatic heterocycles. The first kappa shape index (κ1) is 13.0. The predicted octanol–water partition coefficient (Wildman–Crippen LogP) is 1.22. The summed E-state index contributed by atoms with van der Waals surface area (Å²) in [6.07, 6.45) is 1.66. The Kier molecular flexibility index (Phi) is 4.46. The summed E-state index contributed by atoms with van der Waals surface area (Å²) >= 11 is 0. The van der Waals surface area contributed by atoms with Gasteiger partial charge in [-0.1, -0.05) is 24.3 Å². The maximum atomic E-state index is 11.6. The molecule has 0 heterocycles. The highest BCUT2D eigenvalue weighted by Gasteiger charge is 2.09. The number of likely N-dealkylation sites (N-methyl/N-ethyl adjacent to an activating group) is 1. The Morgan fingerprint density at radius 3 is 2.41 bits per heavy atom. The van der Waals surface area contributed by atoms with Crippen LogP contribution in [0.25, 0.3) is 6.08 Å². The number of hydrogen-bond donors (Lipinski definition) is 2. The van der Waals surface area contributed by atoms with E-state index in [1.165, 1.54) is 14.0 Å². The molecule has 1 aromatic carbocycles. The number of aryl methyl sites for hydroxylation is 1. The van der Waals surface area contributed by atoms with Crippen molar-refractivity contribution in [2.24, 2.45) is 0 Å². The highest BCUT2D eigenvalue weighted by atomic mass is 16.2. The van der Waals surface area contributed by atoms with Gasteiger partial charge in [0.25, 0.3) is 5.91 Å². The summed E-state index contributed by atoms with van der Waals surface area (Å²) < 4.78 is 0. The fraction of sp³-hybridized carbons (Fsp3) is 0.231. The van der Waals surface area contributed by atoms with Gasteiger partial charge in [0.2, 0.25) is 5.91 Å². The second-order valence-electron chi connectivity index (χ2n) is 3.67. The van der Waals surface area contributed by atoms with Gasteiger partial charge in [-0.3, -0.25) is 9.59 Å². The minimum atomic E-state index is -0.316. The molecule has 0 aliphatic heterocycles. The molecule has 1 aromatic rings. The Labute approximate surface area is 101 Å². The number of hydrogen-bond acceptors (Lipinski definition) is 2. The molecule has 0 unspecified atom stereocenters. The van der Waals surface area contributed by atoms with Crippen molar-refractivity contribution < 1.29 is 9.59 Å². The fourth-order valence-electron chi connectivity index (χ4n) is 1.39. The van der Waals surface area contributed by atoms with E-state index >= 15 is 0 Å². The number of nitrogens with one attached hydrogen (secondary N) is 2. The van der Waals surface area contributed by atoms with E-state index in [9.17, 15) is 9.59 Å². The molecule has 4 heteroatoms. The largest absolute Gasteiger partial charge is 0.354 e. The number of carbonyl (C=O) groups is 2. The van der Waals surface area contributed by atoms with Crippen molar-refractivity contribution in [2.75, 3.05) is 7.05 Å². The lowest BCUT2D eigenvalue weighted by Gasteiger charge is -2.07. The van der Waals surface area contributed by atoms with E-state index in [1.54, 1.807) is 6.08 Å². The highest BCUT2D eigenvalue weighted by molar-refractivity contribution is 6.00. The van der Waals surface area contributed by atoms with Crippen LogP contribution in [-0.4, -0.2) is 18.9 Å². The molecule has 17 heavy (non-hydrogen) atoms. The van der Waals surface area contributed by atoms with Crippen LogP contribution < -0.4 is 10.6 Å². The topological polar surface area (TPSA) is 58.2 Å². The summed E-state index contributed by atoms with van der Waals surface area (Å²) in [6, 6.07) is 7.64. The van der Waals surface area contributed by atoms with E-state index in [-0.39, 0.29) is 17.5 Å². The van der Waals surface area contributed by atoms with E-state index < -0.39 is 0 Å². The van der Waals surface area contributed by atoms with Crippen LogP contribution in [0.4, 0.5) is 0 Å². The van der Waals surface area contributed by atoms with Crippen molar-refractivity contribution in [3.05, 3.63) is 41.1 Å². The summed E-state index contributed by atoms with van der Waals surface area (Å²) in [5.41, 5.74) is 2.19. The van der Waals surface area contributed by atoms with Crippen LogP contribution in [0.1, 0.15) is 18.1 Å². The Hall–Kier alpha value is -2.10. The average molecular weight is 232 g/mol. The highest BCUT2D eigenvalue weighted by Crippen LogP contribution is 2.11. The molecule has 1 rings (SSSR count). The summed E-state index contributed by atoms with van der Waals surface area (Å²) in [5.74, 6) is -0.586. The molecule has 0 saturated heterocycles. The third-order valence-electron chi connectivity index (χ3n) is 2.27. The van der Waals surface area contributed by atoms with Crippen molar-refractivity contribution in [3.8, 4) is 0 Å². The molecule has 0 spiro atoms. The number of carbonyl (C=O) groups excluding carboxylic acids is 2. The van der Waals surface area contributed by atoms with Gasteiger partial charge in [-0.25, -0.2) is 0 Å². The standard InChI is InChI=1S/C13H16N2O2/c1-9-6-4-5-7-11(9)8-12(13(17)14-3)15-10(2)16/h4-8H,1-3H3,(H,14,17)(H,15,16). The third kappa shape index (κ3) is 3.75. The van der Waals surface area contributed by atoms with Gasteiger partial charge in [-0.15, -0.1) is 0 Å². The minimum Gasteiger partial charge on any atom is -0.354 e. The lowest BCUT2D eigenvalue weighted by atomic mass is 10.1. The maximum absolute atomic E-state index is 11.6. The lowest BCUT2D eigenvalue weighted by Crippen LogP contribution is -2.31. The van der Waals surface area contributed by atoms with E-state index in [2.05, 4.69) is 10.6 Å². The second-order valence-corrected chi connectivity index (χ2v) is 3.67. The monoisotopic (exact) mass is 232 g/mol. The van der Waals surface area contributed by atoms with Gasteiger partial charge in [-0.2, -0.15) is 0 Å². The minimum absolute atomic E-state index is 0.245. The van der Waals surface area contributed by atoms with Crippen LogP contribution in [-0.2, 0) is 9.59 Å². The Morgan fingerprint density at radius 1 is 1.24 bits per heavy atom. The molecule has 2 amide bonds. The fourth-order valence-corrected chi connectivity index (χ4v) is 1.39. The van der Waals surface area contributed by atoms with Crippen LogP contribution in [0.5, 0.6) is 0 Å². The normalized spacial score (nSPS) is 10.9. The van der Waals surface area contributed by atoms with Gasteiger partial charge >= 0.3 is 0 Å². The van der Waals surface area contributed by atoms with E-state index in [0.717, 1.165) is 11.1 Å². The molecule has 0 aliphatic rings. The lowest BCUT2D eigenvalue weighted by molar-refractivity contribution is -0.122. The van der Waals surface area contributed by atoms with Gasteiger partial charge in [0.15, 0.2) is 0 Å². The average Bonchev–Trinajstić information content (AvgIpc) is 2.29. The van der Waals surface area contributed by atoms with Gasteiger partial charge in [0.05, 0.1) is 0 Å². The van der Waals surface area contributed by atoms with Crippen molar-refractivity contribution in [1.82, 2.24) is 10.6 Å². The van der Waals surface area contributed by atoms with Gasteiger partial charge in [0, 0.05) is 14.0 Å². The Bertz CT molecular complexity index is 464. The molecular formula is C13H16N2O2. The molecule has 0 aliphatic carbocycles. The van der Waals surface area contributed by atoms with Gasteiger partial charge in [0.1, 0.15) is 5.70 Å². The van der Waals surface area contributed by atoms with E-state index in [4.69, 9.17) is 0 Å². The molecular weight excluding hydrogens is 216 g/mol. The van der Waals surface area contributed by atoms with Crippen LogP contribution in [0.15, 0.2) is 30.0 Å². The molecule has 0 bridgehead atoms. The van der Waals surface area contributed by atoms with E-state index in [0.29, 0.717) is 0 Å². The van der Waals surface area contributed by atoms with Gasteiger partial charge < -0.3 is 10.6 Å². The van der Waals surface area contributed by atoms with Gasteiger partial charge in [-0.05, 0) is 24.1 Å². The first-order valence-corrected chi connectivity index (χ1v) is 5.31. The molecule has 2 N–H and O–H groups in total. The predicted molar refractivity (Wildman–Crippen MR) is 67.0 cm³/mol. The van der Waals surface area contributed by atoms with Crippen LogP contribution in [0, 0.1) is 6.92 Å². The zero-order valence-electron chi connectivity index (χ0n) is 10.2. The number of amides is 2. The van der Waals surface area contributed by atoms with Crippen LogP contribution >= 0.6 is 0 Å². The quantitative estimate of drug-likeness (QED) is 0.770. The zero-order chi connectivity index (χ0) is 12.8. The molecule has 0 atom stereocenters. The van der Waals surface area contributed by atoms with Crippen LogP contribution in [0.2, 0.25) is 0 Å². The molecule has 4 nitrogen and oxygen atoms in total. The maximum Gasteiger partial charge on any atom is 0.267 e. The van der Waals surface area contributed by atoms with Crippen molar-refractivity contribution in [1.29, 1.82) is 0 Å². The van der Waals surface area contributed by atoms with Crippen LogP contribution in [0.3, 0.4) is 0 Å². The molecule has 90 valence electrons. The van der Waals surface area contributed by atoms with Crippen molar-refractivity contribution in [3.63, 3.8) is 0 Å². The second kappa shape index (κ2) is 5.84. The zero-order valence-corrected chi connectivity index (χ0v) is 10.2. The summed E-state index contributed by atoms with van der Waals surface area (Å²) in [6.45, 7) is 3.32. The molecule has 0 fully saturated rings. The SMILES string of the molecule is CNC(=O)C(=Cc1ccccc1C)NC(C)=O. The first-order valence-electron chi connectivity index (χ1n) is 5.31. The Balaban J connectivity index is 3.09. The summed E-state index contributed by atoms with van der Waals surface area (Å²) in [4.78, 5) is 22.6. The van der Waals surface area contributed by atoms with Crippen molar-refractivity contribution >= 4 is 17.9 Å². The first-order chi connectivity index (χ1) is 8.04. The molecule has 0 saturated carbocycles. The summed E-state index contributed by atoms with van der Waals surface area (Å²) in [5, 5.41) is 5.00. The Morgan fingerprint density at radius 2 is 1.88 bits per heavy atom. The number of benzene rings is 1. The summed E-state index contributed by atoms with van der Waals surface area (Å²) in [7, 11) is 1.52. The molecule has 0 radical (unpaired) electrons. The van der Waals surface area contributed by atoms with Crippen molar-refractivity contribution in [2.45, 2.75) is 13.8 Å². The third-order valence-corrected chi connectivity index (χ3v) is 2.27. The van der Waals surface area contributed by atoms with E-state index in [1.807, 2.05) is 31.2 Å². The smallest absolute Gasteiger partial charge is 0.267 e.